The van der Waals surface area contributed by atoms with Crippen molar-refractivity contribution in [3.63, 3.8) is 0 Å². The minimum Gasteiger partial charge on any atom is -0.371 e. The van der Waals surface area contributed by atoms with E-state index in [0.29, 0.717) is 23.9 Å². The number of fused-ring (bicyclic) bond motifs is 2. The van der Waals surface area contributed by atoms with Crippen LogP contribution in [0.5, 0.6) is 0 Å². The molecule has 0 aliphatic carbocycles. The van der Waals surface area contributed by atoms with Gasteiger partial charge in [0.25, 0.3) is 0 Å². The molecule has 0 aromatic carbocycles. The second kappa shape index (κ2) is 4.74. The molecule has 1 N–H and O–H groups in total. The topological polar surface area (TPSA) is 54.5 Å². The number of morpholine rings is 1. The molecular weight excluding hydrogens is 254 g/mol. The molecule has 2 aliphatic rings. The predicted octanol–water partition coefficient (Wildman–Crippen LogP) is 2.13. The number of ether oxygens (including phenoxy) is 1. The third kappa shape index (κ3) is 2.42. The fraction of sp³-hybridized carbons (Fsp3) is 0.500. The van der Waals surface area contributed by atoms with Crippen molar-refractivity contribution in [2.45, 2.75) is 25.0 Å². The van der Waals surface area contributed by atoms with Crippen molar-refractivity contribution in [3.8, 4) is 0 Å². The molecule has 2 bridgehead atoms. The highest BCUT2D eigenvalue weighted by Crippen LogP contribution is 2.26. The highest BCUT2D eigenvalue weighted by atomic mass is 35.5. The average Bonchev–Trinajstić information content (AvgIpc) is 2.71. The van der Waals surface area contributed by atoms with Gasteiger partial charge < -0.3 is 15.0 Å². The molecule has 2 aliphatic heterocycles. The quantitative estimate of drug-likeness (QED) is 0.793. The standard InChI is InChI=1S/C12H14ClN3O2/c13-11-4-1-8(5-14-11)15-12(17)16-6-9-2-3-10(7-16)18-9/h1,4-5,9-10H,2-3,6-7H2,(H,15,17). The third-order valence-electron chi connectivity index (χ3n) is 3.31. The van der Waals surface area contributed by atoms with E-state index in [0.717, 1.165) is 12.8 Å². The molecule has 18 heavy (non-hydrogen) atoms. The maximum atomic E-state index is 12.1. The molecule has 2 amide bonds. The number of carbonyl (C=O) groups is 1. The Bertz CT molecular complexity index is 439. The van der Waals surface area contributed by atoms with Gasteiger partial charge in [-0.05, 0) is 25.0 Å². The monoisotopic (exact) mass is 267 g/mol. The molecule has 1 aromatic heterocycles. The first-order valence-electron chi connectivity index (χ1n) is 6.03. The molecule has 5 nitrogen and oxygen atoms in total. The average molecular weight is 268 g/mol. The van der Waals surface area contributed by atoms with Crippen LogP contribution in [0, 0.1) is 0 Å². The van der Waals surface area contributed by atoms with Gasteiger partial charge in [0.2, 0.25) is 0 Å². The number of aromatic nitrogens is 1. The molecule has 0 saturated carbocycles. The summed E-state index contributed by atoms with van der Waals surface area (Å²) < 4.78 is 5.69. The molecule has 3 rings (SSSR count). The molecule has 2 saturated heterocycles. The van der Waals surface area contributed by atoms with Crippen LogP contribution in [0.4, 0.5) is 10.5 Å². The minimum absolute atomic E-state index is 0.0978. The van der Waals surface area contributed by atoms with Crippen LogP contribution in [0.25, 0.3) is 0 Å². The Morgan fingerprint density at radius 3 is 2.72 bits per heavy atom. The minimum atomic E-state index is -0.0978. The van der Waals surface area contributed by atoms with Gasteiger partial charge in [-0.3, -0.25) is 0 Å². The summed E-state index contributed by atoms with van der Waals surface area (Å²) in [7, 11) is 0. The van der Waals surface area contributed by atoms with E-state index in [1.807, 2.05) is 0 Å². The summed E-state index contributed by atoms with van der Waals surface area (Å²) in [6, 6.07) is 3.29. The Morgan fingerprint density at radius 1 is 1.39 bits per heavy atom. The number of amides is 2. The van der Waals surface area contributed by atoms with Crippen LogP contribution in [0.2, 0.25) is 5.15 Å². The van der Waals surface area contributed by atoms with Crippen molar-refractivity contribution in [1.82, 2.24) is 9.88 Å². The second-order valence-electron chi connectivity index (χ2n) is 4.66. The summed E-state index contributed by atoms with van der Waals surface area (Å²) >= 11 is 5.69. The molecule has 1 aromatic rings. The largest absolute Gasteiger partial charge is 0.371 e. The first-order chi connectivity index (χ1) is 8.70. The number of likely N-dealkylation sites (tertiary alicyclic amines) is 1. The summed E-state index contributed by atoms with van der Waals surface area (Å²) in [6.07, 6.45) is 4.07. The smallest absolute Gasteiger partial charge is 0.322 e. The van der Waals surface area contributed by atoms with Gasteiger partial charge in [-0.2, -0.15) is 0 Å². The van der Waals surface area contributed by atoms with E-state index in [4.69, 9.17) is 16.3 Å². The summed E-state index contributed by atoms with van der Waals surface area (Å²) in [5.41, 5.74) is 0.656. The number of pyridine rings is 1. The van der Waals surface area contributed by atoms with Gasteiger partial charge in [0.1, 0.15) is 5.15 Å². The number of hydrogen-bond donors (Lipinski definition) is 1. The van der Waals surface area contributed by atoms with Gasteiger partial charge in [-0.1, -0.05) is 11.6 Å². The first-order valence-corrected chi connectivity index (χ1v) is 6.41. The maximum absolute atomic E-state index is 12.1. The molecule has 2 fully saturated rings. The van der Waals surface area contributed by atoms with Gasteiger partial charge in [-0.15, -0.1) is 0 Å². The Balaban J connectivity index is 1.63. The Hall–Kier alpha value is -1.33. The van der Waals surface area contributed by atoms with Gasteiger partial charge in [0.15, 0.2) is 0 Å². The zero-order chi connectivity index (χ0) is 12.5. The molecule has 0 radical (unpaired) electrons. The lowest BCUT2D eigenvalue weighted by molar-refractivity contribution is -0.0219. The molecule has 6 heteroatoms. The highest BCUT2D eigenvalue weighted by Gasteiger charge is 2.35. The van der Waals surface area contributed by atoms with Gasteiger partial charge >= 0.3 is 6.03 Å². The van der Waals surface area contributed by atoms with E-state index >= 15 is 0 Å². The molecule has 96 valence electrons. The molecule has 2 atom stereocenters. The van der Waals surface area contributed by atoms with Gasteiger partial charge in [0.05, 0.1) is 24.1 Å². The lowest BCUT2D eigenvalue weighted by atomic mass is 10.2. The van der Waals surface area contributed by atoms with E-state index in [1.165, 1.54) is 0 Å². The molecular formula is C12H14ClN3O2. The predicted molar refractivity (Wildman–Crippen MR) is 67.7 cm³/mol. The summed E-state index contributed by atoms with van der Waals surface area (Å²) in [5, 5.41) is 3.23. The second-order valence-corrected chi connectivity index (χ2v) is 5.05. The number of nitrogens with zero attached hydrogens (tertiary/aromatic N) is 2. The van der Waals surface area contributed by atoms with Crippen LogP contribution in [0.15, 0.2) is 18.3 Å². The summed E-state index contributed by atoms with van der Waals surface area (Å²) in [5.74, 6) is 0. The third-order valence-corrected chi connectivity index (χ3v) is 3.53. The first kappa shape index (κ1) is 11.7. The Kier molecular flexibility index (Phi) is 3.09. The van der Waals surface area contributed by atoms with Crippen LogP contribution in [-0.4, -0.2) is 41.2 Å². The van der Waals surface area contributed by atoms with Gasteiger partial charge in [-0.25, -0.2) is 9.78 Å². The number of anilines is 1. The zero-order valence-electron chi connectivity index (χ0n) is 9.80. The Labute approximate surface area is 110 Å². The number of rotatable bonds is 1. The molecule has 3 heterocycles. The fourth-order valence-electron chi connectivity index (χ4n) is 2.43. The van der Waals surface area contributed by atoms with Crippen molar-refractivity contribution in [3.05, 3.63) is 23.5 Å². The number of hydrogen-bond acceptors (Lipinski definition) is 3. The van der Waals surface area contributed by atoms with Crippen molar-refractivity contribution in [1.29, 1.82) is 0 Å². The van der Waals surface area contributed by atoms with Crippen molar-refractivity contribution in [2.75, 3.05) is 18.4 Å². The van der Waals surface area contributed by atoms with Crippen molar-refractivity contribution in [2.24, 2.45) is 0 Å². The number of carbonyl (C=O) groups excluding carboxylic acids is 1. The zero-order valence-corrected chi connectivity index (χ0v) is 10.6. The number of nitrogens with one attached hydrogen (secondary N) is 1. The van der Waals surface area contributed by atoms with Crippen LogP contribution < -0.4 is 5.32 Å². The molecule has 0 spiro atoms. The van der Waals surface area contributed by atoms with Crippen LogP contribution in [0.1, 0.15) is 12.8 Å². The fourth-order valence-corrected chi connectivity index (χ4v) is 2.54. The van der Waals surface area contributed by atoms with E-state index in [-0.39, 0.29) is 18.2 Å². The maximum Gasteiger partial charge on any atom is 0.322 e. The van der Waals surface area contributed by atoms with E-state index in [9.17, 15) is 4.79 Å². The SMILES string of the molecule is O=C(Nc1ccc(Cl)nc1)N1CC2CCC(C1)O2. The lowest BCUT2D eigenvalue weighted by Gasteiger charge is -2.32. The van der Waals surface area contributed by atoms with Crippen LogP contribution in [0.3, 0.4) is 0 Å². The summed E-state index contributed by atoms with van der Waals surface area (Å²) in [4.78, 5) is 17.8. The molecule has 2 unspecified atom stereocenters. The van der Waals surface area contributed by atoms with Crippen molar-refractivity contribution < 1.29 is 9.53 Å². The number of urea groups is 1. The normalized spacial score (nSPS) is 26.2. The Morgan fingerprint density at radius 2 is 2.11 bits per heavy atom. The van der Waals surface area contributed by atoms with Gasteiger partial charge in [0, 0.05) is 13.1 Å². The van der Waals surface area contributed by atoms with E-state index < -0.39 is 0 Å². The lowest BCUT2D eigenvalue weighted by Crippen LogP contribution is -2.47. The highest BCUT2D eigenvalue weighted by molar-refractivity contribution is 6.29. The van der Waals surface area contributed by atoms with Crippen LogP contribution >= 0.6 is 11.6 Å². The number of halogens is 1. The van der Waals surface area contributed by atoms with E-state index in [2.05, 4.69) is 10.3 Å². The van der Waals surface area contributed by atoms with Crippen LogP contribution in [-0.2, 0) is 4.74 Å². The van der Waals surface area contributed by atoms with E-state index in [1.54, 1.807) is 23.2 Å². The van der Waals surface area contributed by atoms with Crippen molar-refractivity contribution >= 4 is 23.3 Å². The summed E-state index contributed by atoms with van der Waals surface area (Å²) in [6.45, 7) is 1.34.